The molecule has 0 bridgehead atoms. The van der Waals surface area contributed by atoms with E-state index >= 15 is 0 Å². The molecule has 1 saturated heterocycles. The molecule has 2 amide bonds. The molecule has 108 valence electrons. The minimum Gasteiger partial charge on any atom is -0.335 e. The number of rotatable bonds is 2. The molecular weight excluding hydrogens is 248 g/mol. The molecule has 1 atom stereocenters. The van der Waals surface area contributed by atoms with Crippen LogP contribution in [0.4, 0.5) is 4.79 Å². The van der Waals surface area contributed by atoms with E-state index in [4.69, 9.17) is 0 Å². The van der Waals surface area contributed by atoms with Crippen molar-refractivity contribution in [2.24, 2.45) is 0 Å². The zero-order valence-electron chi connectivity index (χ0n) is 12.3. The van der Waals surface area contributed by atoms with Crippen LogP contribution in [-0.2, 0) is 0 Å². The molecule has 1 heterocycles. The molecule has 1 unspecified atom stereocenters. The van der Waals surface area contributed by atoms with Crippen LogP contribution in [0.2, 0.25) is 0 Å². The summed E-state index contributed by atoms with van der Waals surface area (Å²) >= 11 is 0. The number of benzene rings is 1. The zero-order valence-corrected chi connectivity index (χ0v) is 12.3. The van der Waals surface area contributed by atoms with Crippen LogP contribution in [0.3, 0.4) is 0 Å². The number of urea groups is 1. The Balaban J connectivity index is 1.72. The van der Waals surface area contributed by atoms with Gasteiger partial charge in [-0.3, -0.25) is 0 Å². The average Bonchev–Trinajstić information content (AvgIpc) is 3.09. The summed E-state index contributed by atoms with van der Waals surface area (Å²) in [7, 11) is 0. The largest absolute Gasteiger partial charge is 0.335 e. The quantitative estimate of drug-likeness (QED) is 0.873. The van der Waals surface area contributed by atoms with E-state index in [1.165, 1.54) is 24.0 Å². The molecule has 1 N–H and O–H groups in total. The maximum atomic E-state index is 12.5. The molecular formula is C17H24N2O. The van der Waals surface area contributed by atoms with Crippen molar-refractivity contribution >= 4 is 6.03 Å². The van der Waals surface area contributed by atoms with Crippen molar-refractivity contribution in [3.63, 3.8) is 0 Å². The number of carbonyl (C=O) groups is 1. The second-order valence-corrected chi connectivity index (χ2v) is 6.14. The molecule has 1 aliphatic heterocycles. The number of hydrogen-bond acceptors (Lipinski definition) is 1. The highest BCUT2D eigenvalue weighted by Crippen LogP contribution is 2.33. The number of amides is 2. The Morgan fingerprint density at radius 2 is 1.90 bits per heavy atom. The van der Waals surface area contributed by atoms with Gasteiger partial charge in [0.05, 0.1) is 6.04 Å². The van der Waals surface area contributed by atoms with E-state index in [-0.39, 0.29) is 12.1 Å². The Kier molecular flexibility index (Phi) is 3.95. The Hall–Kier alpha value is -1.51. The first-order valence-corrected chi connectivity index (χ1v) is 7.88. The van der Waals surface area contributed by atoms with Crippen LogP contribution in [0.5, 0.6) is 0 Å². The standard InChI is InChI=1S/C17H24N2O/c1-13-7-2-5-10-15(13)16-11-6-12-19(16)17(20)18-14-8-3-4-9-14/h2,5,7,10,14,16H,3-4,6,8-9,11-12H2,1H3,(H,18,20). The molecule has 1 aromatic carbocycles. The van der Waals surface area contributed by atoms with Crippen LogP contribution in [0.25, 0.3) is 0 Å². The molecule has 0 aromatic heterocycles. The lowest BCUT2D eigenvalue weighted by Crippen LogP contribution is -2.43. The van der Waals surface area contributed by atoms with Crippen molar-refractivity contribution in [2.45, 2.75) is 57.5 Å². The number of nitrogens with one attached hydrogen (secondary N) is 1. The zero-order chi connectivity index (χ0) is 13.9. The summed E-state index contributed by atoms with van der Waals surface area (Å²) < 4.78 is 0. The molecule has 1 aliphatic carbocycles. The van der Waals surface area contributed by atoms with E-state index in [0.717, 1.165) is 32.2 Å². The Morgan fingerprint density at radius 1 is 1.15 bits per heavy atom. The summed E-state index contributed by atoms with van der Waals surface area (Å²) in [6.45, 7) is 3.03. The fraction of sp³-hybridized carbons (Fsp3) is 0.588. The molecule has 0 radical (unpaired) electrons. The SMILES string of the molecule is Cc1ccccc1C1CCCN1C(=O)NC1CCCC1. The number of hydrogen-bond donors (Lipinski definition) is 1. The average molecular weight is 272 g/mol. The van der Waals surface area contributed by atoms with Gasteiger partial charge in [0.25, 0.3) is 0 Å². The van der Waals surface area contributed by atoms with Crippen molar-refractivity contribution in [3.05, 3.63) is 35.4 Å². The van der Waals surface area contributed by atoms with Gasteiger partial charge in [0.15, 0.2) is 0 Å². The summed E-state index contributed by atoms with van der Waals surface area (Å²) in [6.07, 6.45) is 7.00. The van der Waals surface area contributed by atoms with E-state index in [1.807, 2.05) is 4.90 Å². The molecule has 3 rings (SSSR count). The summed E-state index contributed by atoms with van der Waals surface area (Å²) in [5.41, 5.74) is 2.60. The smallest absolute Gasteiger partial charge is 0.318 e. The van der Waals surface area contributed by atoms with Crippen molar-refractivity contribution in [3.8, 4) is 0 Å². The minimum absolute atomic E-state index is 0.141. The van der Waals surface area contributed by atoms with Gasteiger partial charge in [0.1, 0.15) is 0 Å². The highest BCUT2D eigenvalue weighted by atomic mass is 16.2. The lowest BCUT2D eigenvalue weighted by Gasteiger charge is -2.28. The van der Waals surface area contributed by atoms with Crippen LogP contribution in [0, 0.1) is 6.92 Å². The fourth-order valence-corrected chi connectivity index (χ4v) is 3.62. The lowest BCUT2D eigenvalue weighted by molar-refractivity contribution is 0.189. The van der Waals surface area contributed by atoms with Gasteiger partial charge in [-0.15, -0.1) is 0 Å². The van der Waals surface area contributed by atoms with Crippen LogP contribution in [0.15, 0.2) is 24.3 Å². The molecule has 2 fully saturated rings. The number of nitrogens with zero attached hydrogens (tertiary/aromatic N) is 1. The predicted octanol–water partition coefficient (Wildman–Crippen LogP) is 3.78. The number of likely N-dealkylation sites (tertiary alicyclic amines) is 1. The van der Waals surface area contributed by atoms with Crippen LogP contribution < -0.4 is 5.32 Å². The molecule has 0 spiro atoms. The molecule has 2 aliphatic rings. The third kappa shape index (κ3) is 2.67. The first-order valence-electron chi connectivity index (χ1n) is 7.88. The first-order chi connectivity index (χ1) is 9.75. The Labute approximate surface area is 121 Å². The summed E-state index contributed by atoms with van der Waals surface area (Å²) in [5.74, 6) is 0. The van der Waals surface area contributed by atoms with Gasteiger partial charge in [-0.25, -0.2) is 4.79 Å². The molecule has 20 heavy (non-hydrogen) atoms. The van der Waals surface area contributed by atoms with E-state index in [2.05, 4.69) is 36.5 Å². The van der Waals surface area contributed by atoms with Crippen molar-refractivity contribution in [1.29, 1.82) is 0 Å². The van der Waals surface area contributed by atoms with Crippen molar-refractivity contribution in [2.75, 3.05) is 6.54 Å². The molecule has 1 aromatic rings. The summed E-state index contributed by atoms with van der Waals surface area (Å²) in [5, 5.41) is 3.23. The van der Waals surface area contributed by atoms with Gasteiger partial charge in [-0.05, 0) is 43.7 Å². The van der Waals surface area contributed by atoms with Crippen molar-refractivity contribution < 1.29 is 4.79 Å². The van der Waals surface area contributed by atoms with Crippen LogP contribution in [0.1, 0.15) is 55.7 Å². The van der Waals surface area contributed by atoms with E-state index < -0.39 is 0 Å². The summed E-state index contributed by atoms with van der Waals surface area (Å²) in [6, 6.07) is 9.26. The van der Waals surface area contributed by atoms with Gasteiger partial charge in [-0.2, -0.15) is 0 Å². The van der Waals surface area contributed by atoms with Gasteiger partial charge in [0, 0.05) is 12.6 Å². The fourth-order valence-electron chi connectivity index (χ4n) is 3.62. The van der Waals surface area contributed by atoms with Crippen LogP contribution >= 0.6 is 0 Å². The predicted molar refractivity (Wildman–Crippen MR) is 80.6 cm³/mol. The van der Waals surface area contributed by atoms with E-state index in [9.17, 15) is 4.79 Å². The van der Waals surface area contributed by atoms with Gasteiger partial charge >= 0.3 is 6.03 Å². The molecule has 3 heteroatoms. The minimum atomic E-state index is 0.141. The maximum Gasteiger partial charge on any atom is 0.318 e. The van der Waals surface area contributed by atoms with Gasteiger partial charge in [-0.1, -0.05) is 37.1 Å². The highest BCUT2D eigenvalue weighted by Gasteiger charge is 2.31. The van der Waals surface area contributed by atoms with Gasteiger partial charge < -0.3 is 10.2 Å². The highest BCUT2D eigenvalue weighted by molar-refractivity contribution is 5.75. The molecule has 1 saturated carbocycles. The van der Waals surface area contributed by atoms with Gasteiger partial charge in [0.2, 0.25) is 0 Å². The lowest BCUT2D eigenvalue weighted by atomic mass is 9.99. The van der Waals surface area contributed by atoms with E-state index in [1.54, 1.807) is 0 Å². The Bertz CT molecular complexity index is 480. The number of aryl methyl sites for hydroxylation is 1. The third-order valence-corrected chi connectivity index (χ3v) is 4.74. The third-order valence-electron chi connectivity index (χ3n) is 4.74. The van der Waals surface area contributed by atoms with Crippen molar-refractivity contribution in [1.82, 2.24) is 10.2 Å². The normalized spacial score (nSPS) is 23.2. The first kappa shape index (κ1) is 13.5. The summed E-state index contributed by atoms with van der Waals surface area (Å²) in [4.78, 5) is 14.6. The number of carbonyl (C=O) groups excluding carboxylic acids is 1. The molecule has 3 nitrogen and oxygen atoms in total. The second-order valence-electron chi connectivity index (χ2n) is 6.14. The monoisotopic (exact) mass is 272 g/mol. The maximum absolute atomic E-state index is 12.5. The Morgan fingerprint density at radius 3 is 2.65 bits per heavy atom. The topological polar surface area (TPSA) is 32.3 Å². The van der Waals surface area contributed by atoms with Crippen LogP contribution in [-0.4, -0.2) is 23.5 Å². The second kappa shape index (κ2) is 5.86. The van der Waals surface area contributed by atoms with E-state index in [0.29, 0.717) is 6.04 Å².